The summed E-state index contributed by atoms with van der Waals surface area (Å²) in [6, 6.07) is 54.0. The number of nitrogens with zero attached hydrogens (tertiary/aromatic N) is 4. The van der Waals surface area contributed by atoms with Crippen LogP contribution in [-0.2, 0) is 19.3 Å². The summed E-state index contributed by atoms with van der Waals surface area (Å²) in [7, 11) is 0. The third-order valence-corrected chi connectivity index (χ3v) is 13.6. The van der Waals surface area contributed by atoms with Gasteiger partial charge in [0.1, 0.15) is 22.1 Å². The van der Waals surface area contributed by atoms with Crippen LogP contribution in [0.15, 0.2) is 146 Å². The molecule has 266 valence electrons. The van der Waals surface area contributed by atoms with E-state index in [0.717, 1.165) is 63.6 Å². The Morgan fingerprint density at radius 3 is 1.02 bits per heavy atom. The SMILES string of the molecule is c1ccc2c(c1)Cc1cc(-c3ccc(-c4ccc5c(c4)Cc4ccc(-c6ccc(-c7ccc8c(c7)Cc7ccccc7-8)c7nsnc67)cc4-5)c4nsnc34)ccc1-2. The maximum atomic E-state index is 4.86. The van der Waals surface area contributed by atoms with Gasteiger partial charge in [-0.1, -0.05) is 140 Å². The first-order valence-corrected chi connectivity index (χ1v) is 20.9. The predicted molar refractivity (Wildman–Crippen MR) is 235 cm³/mol. The normalized spacial score (nSPS) is 13.1. The summed E-state index contributed by atoms with van der Waals surface area (Å²) in [5.41, 5.74) is 29.3. The molecule has 0 radical (unpaired) electrons. The lowest BCUT2D eigenvalue weighted by Gasteiger charge is -2.11. The number of aromatic nitrogens is 4. The Labute approximate surface area is 337 Å². The highest BCUT2D eigenvalue weighted by atomic mass is 32.1. The Hall–Kier alpha value is -6.60. The van der Waals surface area contributed by atoms with Gasteiger partial charge in [-0.15, -0.1) is 0 Å². The van der Waals surface area contributed by atoms with Gasteiger partial charge >= 0.3 is 0 Å². The quantitative estimate of drug-likeness (QED) is 0.179. The van der Waals surface area contributed by atoms with Crippen molar-refractivity contribution in [1.82, 2.24) is 17.5 Å². The Bertz CT molecular complexity index is 3350. The molecular formula is C51H30N4S2. The average molecular weight is 763 g/mol. The molecule has 0 aliphatic heterocycles. The highest BCUT2D eigenvalue weighted by Gasteiger charge is 2.24. The molecule has 0 saturated carbocycles. The van der Waals surface area contributed by atoms with Crippen molar-refractivity contribution in [3.8, 4) is 77.9 Å². The predicted octanol–water partition coefficient (Wildman–Crippen LogP) is 13.1. The van der Waals surface area contributed by atoms with Crippen LogP contribution in [0.5, 0.6) is 0 Å². The van der Waals surface area contributed by atoms with Crippen LogP contribution in [0.25, 0.3) is 100.0 Å². The van der Waals surface area contributed by atoms with Crippen molar-refractivity contribution in [3.05, 3.63) is 179 Å². The molecule has 0 atom stereocenters. The van der Waals surface area contributed by atoms with Crippen molar-refractivity contribution >= 4 is 45.5 Å². The molecule has 3 aliphatic rings. The van der Waals surface area contributed by atoms with Crippen LogP contribution in [0.2, 0.25) is 0 Å². The second kappa shape index (κ2) is 12.0. The molecule has 6 heteroatoms. The third kappa shape index (κ3) is 4.72. The first-order chi connectivity index (χ1) is 28.2. The van der Waals surface area contributed by atoms with Gasteiger partial charge in [0.25, 0.3) is 0 Å². The van der Waals surface area contributed by atoms with E-state index in [0.29, 0.717) is 0 Å². The molecule has 0 bridgehead atoms. The fraction of sp³-hybridized carbons (Fsp3) is 0.0588. The number of fused-ring (bicyclic) bond motifs is 11. The van der Waals surface area contributed by atoms with Crippen molar-refractivity contribution in [2.24, 2.45) is 0 Å². The van der Waals surface area contributed by atoms with Gasteiger partial charge in [0.05, 0.1) is 23.5 Å². The molecule has 4 nitrogen and oxygen atoms in total. The lowest BCUT2D eigenvalue weighted by Crippen LogP contribution is -1.89. The van der Waals surface area contributed by atoms with Crippen LogP contribution in [0.4, 0.5) is 0 Å². The summed E-state index contributed by atoms with van der Waals surface area (Å²) in [6.45, 7) is 0. The van der Waals surface area contributed by atoms with Crippen LogP contribution in [-0.4, -0.2) is 17.5 Å². The van der Waals surface area contributed by atoms with E-state index in [-0.39, 0.29) is 0 Å². The standard InChI is InChI=1S/C51H30N4S2/c1-3-7-38-28(5-1)21-35-23-30(11-14-40(35)38)43-17-18-44(49-48(43)52-56-53-49)32-13-16-42-37(25-32)26-33-9-10-34(27-47(33)42)46-20-19-45(50-51(46)55-57-54-50)31-12-15-41-36(24-31)22-29-6-2-4-8-39(29)41/h1-20,23-25,27H,21-22,26H2. The largest absolute Gasteiger partial charge is 0.172 e. The minimum Gasteiger partial charge on any atom is -0.172 e. The Morgan fingerprint density at radius 1 is 0.263 bits per heavy atom. The van der Waals surface area contributed by atoms with E-state index in [1.165, 1.54) is 112 Å². The zero-order chi connectivity index (χ0) is 37.2. The van der Waals surface area contributed by atoms with Crippen molar-refractivity contribution in [1.29, 1.82) is 0 Å². The average Bonchev–Trinajstić information content (AvgIpc) is 4.10. The molecule has 57 heavy (non-hydrogen) atoms. The van der Waals surface area contributed by atoms with Crippen LogP contribution in [0.3, 0.4) is 0 Å². The van der Waals surface area contributed by atoms with Crippen LogP contribution in [0.1, 0.15) is 33.4 Å². The maximum absolute atomic E-state index is 4.86. The summed E-state index contributed by atoms with van der Waals surface area (Å²) in [4.78, 5) is 0. The molecule has 0 amide bonds. The smallest absolute Gasteiger partial charge is 0.113 e. The molecule has 3 aliphatic carbocycles. The summed E-state index contributed by atoms with van der Waals surface area (Å²) in [5, 5.41) is 0. The minimum atomic E-state index is 0.904. The van der Waals surface area contributed by atoms with E-state index in [1.807, 2.05) is 0 Å². The van der Waals surface area contributed by atoms with E-state index < -0.39 is 0 Å². The van der Waals surface area contributed by atoms with Gasteiger partial charge in [-0.3, -0.25) is 0 Å². The van der Waals surface area contributed by atoms with Gasteiger partial charge in [-0.25, -0.2) is 0 Å². The van der Waals surface area contributed by atoms with Gasteiger partial charge in [-0.05, 0) is 114 Å². The zero-order valence-electron chi connectivity index (χ0n) is 30.6. The second-order valence-corrected chi connectivity index (χ2v) is 16.6. The van der Waals surface area contributed by atoms with Gasteiger partial charge in [0.2, 0.25) is 0 Å². The molecule has 2 aromatic heterocycles. The molecule has 0 unspecified atom stereocenters. The summed E-state index contributed by atoms with van der Waals surface area (Å²) in [6.07, 6.45) is 2.85. The van der Waals surface area contributed by atoms with E-state index in [4.69, 9.17) is 17.5 Å². The van der Waals surface area contributed by atoms with Gasteiger partial charge in [-0.2, -0.15) is 17.5 Å². The lowest BCUT2D eigenvalue weighted by atomic mass is 9.93. The molecule has 10 aromatic rings. The van der Waals surface area contributed by atoms with Gasteiger partial charge < -0.3 is 0 Å². The van der Waals surface area contributed by atoms with Crippen molar-refractivity contribution < 1.29 is 0 Å². The van der Waals surface area contributed by atoms with Crippen LogP contribution >= 0.6 is 23.5 Å². The Balaban J connectivity index is 0.824. The molecule has 0 spiro atoms. The molecule has 13 rings (SSSR count). The maximum Gasteiger partial charge on any atom is 0.113 e. The highest BCUT2D eigenvalue weighted by molar-refractivity contribution is 7.00. The fourth-order valence-electron chi connectivity index (χ4n) is 9.81. The minimum absolute atomic E-state index is 0.904. The van der Waals surface area contributed by atoms with E-state index in [2.05, 4.69) is 146 Å². The fourth-order valence-corrected chi connectivity index (χ4v) is 11.0. The molecular weight excluding hydrogens is 733 g/mol. The molecule has 0 saturated heterocycles. The monoisotopic (exact) mass is 762 g/mol. The lowest BCUT2D eigenvalue weighted by molar-refractivity contribution is 1.26. The topological polar surface area (TPSA) is 51.6 Å². The van der Waals surface area contributed by atoms with Crippen LogP contribution in [0, 0.1) is 0 Å². The van der Waals surface area contributed by atoms with Gasteiger partial charge in [0.15, 0.2) is 0 Å². The zero-order valence-corrected chi connectivity index (χ0v) is 32.2. The summed E-state index contributed by atoms with van der Waals surface area (Å²) < 4.78 is 19.4. The Kier molecular flexibility index (Phi) is 6.62. The second-order valence-electron chi connectivity index (χ2n) is 15.6. The van der Waals surface area contributed by atoms with Crippen molar-refractivity contribution in [2.75, 3.05) is 0 Å². The van der Waals surface area contributed by atoms with E-state index in [9.17, 15) is 0 Å². The number of hydrogen-bond donors (Lipinski definition) is 0. The summed E-state index contributed by atoms with van der Waals surface area (Å²) in [5.74, 6) is 0. The van der Waals surface area contributed by atoms with Crippen molar-refractivity contribution in [3.63, 3.8) is 0 Å². The molecule has 0 fully saturated rings. The van der Waals surface area contributed by atoms with E-state index in [1.54, 1.807) is 0 Å². The van der Waals surface area contributed by atoms with Crippen molar-refractivity contribution in [2.45, 2.75) is 19.3 Å². The molecule has 2 heterocycles. The number of rotatable bonds is 4. The molecule has 8 aromatic carbocycles. The Morgan fingerprint density at radius 2 is 0.579 bits per heavy atom. The number of hydrogen-bond acceptors (Lipinski definition) is 6. The first kappa shape index (κ1) is 31.6. The first-order valence-electron chi connectivity index (χ1n) is 19.4. The molecule has 0 N–H and O–H groups in total. The highest BCUT2D eigenvalue weighted by Crippen LogP contribution is 2.45. The third-order valence-electron chi connectivity index (χ3n) is 12.5. The van der Waals surface area contributed by atoms with Crippen LogP contribution < -0.4 is 0 Å². The summed E-state index contributed by atoms with van der Waals surface area (Å²) >= 11 is 2.59. The van der Waals surface area contributed by atoms with E-state index >= 15 is 0 Å². The van der Waals surface area contributed by atoms with Gasteiger partial charge in [0, 0.05) is 22.3 Å². The number of benzene rings is 8.